The minimum Gasteiger partial charge on any atom is -0.481 e. The fourth-order valence-corrected chi connectivity index (χ4v) is 9.79. The van der Waals surface area contributed by atoms with Crippen LogP contribution in [-0.2, 0) is 22.2 Å². The van der Waals surface area contributed by atoms with E-state index < -0.39 is 13.9 Å². The molecule has 1 atom stereocenters. The van der Waals surface area contributed by atoms with Gasteiger partial charge in [0.15, 0.2) is 0 Å². The lowest BCUT2D eigenvalue weighted by molar-refractivity contribution is -0.0779. The zero-order chi connectivity index (χ0) is 29.3. The van der Waals surface area contributed by atoms with Crippen LogP contribution in [0.4, 0.5) is 0 Å². The predicted octanol–water partition coefficient (Wildman–Crippen LogP) is 4.56. The largest absolute Gasteiger partial charge is 0.481 e. The molecular formula is C33H40N2O5Si. The van der Waals surface area contributed by atoms with E-state index in [0.29, 0.717) is 18.2 Å². The minimum absolute atomic E-state index is 0.0315. The Balaban J connectivity index is 1.71. The normalized spacial score (nSPS) is 13.4. The van der Waals surface area contributed by atoms with Crippen molar-refractivity contribution in [2.24, 2.45) is 0 Å². The Morgan fingerprint density at radius 3 is 1.80 bits per heavy atom. The molecule has 0 aliphatic rings. The molecule has 0 aliphatic heterocycles. The van der Waals surface area contributed by atoms with Crippen LogP contribution in [0, 0.1) is 0 Å². The first kappa shape index (κ1) is 30.4. The van der Waals surface area contributed by atoms with E-state index in [9.17, 15) is 5.11 Å². The first-order valence-electron chi connectivity index (χ1n) is 13.7. The third-order valence-corrected chi connectivity index (χ3v) is 12.1. The fourth-order valence-electron chi connectivity index (χ4n) is 5.15. The van der Waals surface area contributed by atoms with Crippen LogP contribution in [0.15, 0.2) is 97.1 Å². The van der Waals surface area contributed by atoms with E-state index in [4.69, 9.17) is 18.6 Å². The number of rotatable bonds is 13. The number of aromatic nitrogens is 2. The third kappa shape index (κ3) is 7.40. The van der Waals surface area contributed by atoms with Gasteiger partial charge in [-0.15, -0.1) is 0 Å². The highest BCUT2D eigenvalue weighted by atomic mass is 28.4. The van der Waals surface area contributed by atoms with Crippen molar-refractivity contribution in [1.29, 1.82) is 0 Å². The Morgan fingerprint density at radius 1 is 0.732 bits per heavy atom. The molecular weight excluding hydrogens is 532 g/mol. The molecule has 0 fully saturated rings. The molecule has 0 aliphatic carbocycles. The van der Waals surface area contributed by atoms with Crippen molar-refractivity contribution in [3.63, 3.8) is 0 Å². The Kier molecular flexibility index (Phi) is 9.93. The van der Waals surface area contributed by atoms with E-state index in [1.807, 2.05) is 66.7 Å². The molecule has 0 saturated carbocycles. The van der Waals surface area contributed by atoms with Crippen LogP contribution in [0.1, 0.15) is 32.0 Å². The number of hydrogen-bond donors (Lipinski definition) is 1. The van der Waals surface area contributed by atoms with E-state index in [-0.39, 0.29) is 30.7 Å². The molecule has 216 valence electrons. The van der Waals surface area contributed by atoms with Crippen molar-refractivity contribution in [1.82, 2.24) is 9.97 Å². The zero-order valence-electron chi connectivity index (χ0n) is 24.5. The van der Waals surface area contributed by atoms with E-state index in [1.165, 1.54) is 14.2 Å². The lowest BCUT2D eigenvalue weighted by atomic mass is 9.99. The Labute approximate surface area is 244 Å². The quantitative estimate of drug-likeness (QED) is 0.235. The van der Waals surface area contributed by atoms with Gasteiger partial charge in [-0.05, 0) is 21.0 Å². The molecule has 0 radical (unpaired) electrons. The number of nitrogens with zero attached hydrogens (tertiary/aromatic N) is 2. The number of methoxy groups -OCH3 is 2. The molecule has 3 aromatic carbocycles. The molecule has 0 saturated heterocycles. The maximum atomic E-state index is 12.2. The lowest BCUT2D eigenvalue weighted by Crippen LogP contribution is -2.68. The molecule has 0 spiro atoms. The van der Waals surface area contributed by atoms with Crippen LogP contribution in [0.25, 0.3) is 0 Å². The van der Waals surface area contributed by atoms with Gasteiger partial charge in [-0.25, -0.2) is 0 Å². The van der Waals surface area contributed by atoms with Crippen LogP contribution in [0.2, 0.25) is 5.04 Å². The lowest BCUT2D eigenvalue weighted by Gasteiger charge is -2.44. The molecule has 7 nitrogen and oxygen atoms in total. The van der Waals surface area contributed by atoms with E-state index >= 15 is 0 Å². The highest BCUT2D eigenvalue weighted by molar-refractivity contribution is 6.99. The third-order valence-electron chi connectivity index (χ3n) is 7.09. The van der Waals surface area contributed by atoms with Crippen molar-refractivity contribution in [2.75, 3.05) is 27.4 Å². The zero-order valence-corrected chi connectivity index (χ0v) is 25.5. The van der Waals surface area contributed by atoms with Crippen molar-refractivity contribution in [3.05, 3.63) is 108 Å². The first-order valence-corrected chi connectivity index (χ1v) is 15.6. The molecule has 0 bridgehead atoms. The number of aliphatic hydroxyl groups is 1. The average Bonchev–Trinajstić information content (AvgIpc) is 2.98. The van der Waals surface area contributed by atoms with Crippen molar-refractivity contribution < 1.29 is 23.7 Å². The van der Waals surface area contributed by atoms with Gasteiger partial charge in [0.2, 0.25) is 5.88 Å². The first-order chi connectivity index (χ1) is 19.7. The molecule has 1 unspecified atom stereocenters. The SMILES string of the molecule is COc1cc(CC(O)(COCc2ccccc2)CO[Si](c2ccccc2)(c2ccccc2)C(C)(C)C)nc(OC)n1. The molecule has 1 heterocycles. The maximum absolute atomic E-state index is 12.2. The second-order valence-electron chi connectivity index (χ2n) is 11.2. The van der Waals surface area contributed by atoms with Crippen molar-refractivity contribution in [2.45, 2.75) is 44.4 Å². The molecule has 4 aromatic rings. The molecule has 41 heavy (non-hydrogen) atoms. The molecule has 0 amide bonds. The van der Waals surface area contributed by atoms with Crippen LogP contribution in [-0.4, -0.2) is 56.4 Å². The van der Waals surface area contributed by atoms with E-state index in [0.717, 1.165) is 15.9 Å². The fraction of sp³-hybridized carbons (Fsp3) is 0.333. The summed E-state index contributed by atoms with van der Waals surface area (Å²) in [6.45, 7) is 7.07. The van der Waals surface area contributed by atoms with E-state index in [2.05, 4.69) is 55.0 Å². The van der Waals surface area contributed by atoms with Crippen LogP contribution in [0.5, 0.6) is 11.9 Å². The summed E-state index contributed by atoms with van der Waals surface area (Å²) >= 11 is 0. The number of benzene rings is 3. The number of ether oxygens (including phenoxy) is 3. The van der Waals surface area contributed by atoms with Crippen molar-refractivity contribution >= 4 is 18.7 Å². The summed E-state index contributed by atoms with van der Waals surface area (Å²) in [7, 11) is 0.122. The second-order valence-corrected chi connectivity index (χ2v) is 15.5. The van der Waals surface area contributed by atoms with Gasteiger partial charge in [-0.3, -0.25) is 0 Å². The summed E-state index contributed by atoms with van der Waals surface area (Å²) in [5.41, 5.74) is 0.172. The maximum Gasteiger partial charge on any atom is 0.319 e. The summed E-state index contributed by atoms with van der Waals surface area (Å²) in [4.78, 5) is 8.69. The monoisotopic (exact) mass is 572 g/mol. The summed E-state index contributed by atoms with van der Waals surface area (Å²) < 4.78 is 23.9. The van der Waals surface area contributed by atoms with Gasteiger partial charge in [0, 0.05) is 12.5 Å². The Bertz CT molecular complexity index is 1310. The van der Waals surface area contributed by atoms with Crippen molar-refractivity contribution in [3.8, 4) is 11.9 Å². The van der Waals surface area contributed by atoms with Crippen LogP contribution in [0.3, 0.4) is 0 Å². The highest BCUT2D eigenvalue weighted by Crippen LogP contribution is 2.37. The summed E-state index contributed by atoms with van der Waals surface area (Å²) in [5.74, 6) is 0.354. The topological polar surface area (TPSA) is 82.9 Å². The van der Waals surface area contributed by atoms with Gasteiger partial charge in [0.1, 0.15) is 5.60 Å². The molecule has 1 aromatic heterocycles. The van der Waals surface area contributed by atoms with Gasteiger partial charge >= 0.3 is 6.01 Å². The predicted molar refractivity (Wildman–Crippen MR) is 163 cm³/mol. The molecule has 4 rings (SSSR count). The Morgan fingerprint density at radius 2 is 1.29 bits per heavy atom. The Hall–Kier alpha value is -3.56. The molecule has 8 heteroatoms. The van der Waals surface area contributed by atoms with Crippen LogP contribution >= 0.6 is 0 Å². The van der Waals surface area contributed by atoms with Gasteiger partial charge in [0.25, 0.3) is 8.32 Å². The summed E-state index contributed by atoms with van der Waals surface area (Å²) in [5, 5.41) is 14.2. The summed E-state index contributed by atoms with van der Waals surface area (Å²) in [6, 6.07) is 32.5. The molecule has 1 N–H and O–H groups in total. The standard InChI is InChI=1S/C33H40N2O5Si/c1-32(2,3)41(28-17-11-7-12-18-28,29-19-13-8-14-20-29)40-25-33(36,24-39-23-26-15-9-6-10-16-26)22-27-21-30(37-4)35-31(34-27)38-5/h6-21,36H,22-25H2,1-5H3. The number of hydrogen-bond acceptors (Lipinski definition) is 7. The van der Waals surface area contributed by atoms with Gasteiger partial charge in [0.05, 0.1) is 39.7 Å². The average molecular weight is 573 g/mol. The minimum atomic E-state index is -2.91. The van der Waals surface area contributed by atoms with E-state index in [1.54, 1.807) is 6.07 Å². The van der Waals surface area contributed by atoms with Crippen LogP contribution < -0.4 is 19.8 Å². The van der Waals surface area contributed by atoms with Gasteiger partial charge in [-0.2, -0.15) is 9.97 Å². The van der Waals surface area contributed by atoms with Gasteiger partial charge in [-0.1, -0.05) is 112 Å². The second kappa shape index (κ2) is 13.4. The smallest absolute Gasteiger partial charge is 0.319 e. The van der Waals surface area contributed by atoms with Gasteiger partial charge < -0.3 is 23.7 Å². The summed E-state index contributed by atoms with van der Waals surface area (Å²) in [6.07, 6.45) is 0.148. The highest BCUT2D eigenvalue weighted by Gasteiger charge is 2.51.